The zero-order valence-electron chi connectivity index (χ0n) is 9.32. The van der Waals surface area contributed by atoms with Crippen molar-refractivity contribution in [2.24, 2.45) is 5.92 Å². The minimum Gasteiger partial charge on any atom is -0.397 e. The third-order valence-electron chi connectivity index (χ3n) is 2.92. The van der Waals surface area contributed by atoms with Gasteiger partial charge in [0.25, 0.3) is 0 Å². The number of anilines is 2. The molecule has 0 bridgehead atoms. The van der Waals surface area contributed by atoms with E-state index in [-0.39, 0.29) is 5.92 Å². The lowest BCUT2D eigenvalue weighted by Crippen LogP contribution is -2.16. The Morgan fingerprint density at radius 2 is 2.24 bits per heavy atom. The van der Waals surface area contributed by atoms with Crippen LogP contribution in [0.25, 0.3) is 0 Å². The van der Waals surface area contributed by atoms with E-state index in [0.29, 0.717) is 23.7 Å². The monoisotopic (exact) mass is 366 g/mol. The highest BCUT2D eigenvalue weighted by atomic mass is 127. The number of hydrogen-bond donors (Lipinski definition) is 2. The number of benzene rings is 1. The molecule has 4 nitrogen and oxygen atoms in total. The number of sulfone groups is 1. The maximum Gasteiger partial charge on any atom is 0.150 e. The van der Waals surface area contributed by atoms with Gasteiger partial charge in [-0.3, -0.25) is 0 Å². The van der Waals surface area contributed by atoms with Crippen LogP contribution in [0, 0.1) is 9.49 Å². The molecule has 17 heavy (non-hydrogen) atoms. The Balaban J connectivity index is 1.95. The van der Waals surface area contributed by atoms with Crippen LogP contribution in [0.15, 0.2) is 18.2 Å². The van der Waals surface area contributed by atoms with Gasteiger partial charge in [-0.15, -0.1) is 0 Å². The Hall–Kier alpha value is -0.500. The fourth-order valence-corrected chi connectivity index (χ4v) is 4.36. The van der Waals surface area contributed by atoms with Crippen molar-refractivity contribution in [3.05, 3.63) is 21.8 Å². The van der Waals surface area contributed by atoms with Crippen LogP contribution < -0.4 is 11.1 Å². The maximum absolute atomic E-state index is 11.3. The van der Waals surface area contributed by atoms with Crippen LogP contribution in [-0.4, -0.2) is 26.5 Å². The fraction of sp³-hybridized carbons (Fsp3) is 0.455. The Morgan fingerprint density at radius 3 is 2.82 bits per heavy atom. The molecule has 6 heteroatoms. The van der Waals surface area contributed by atoms with E-state index in [9.17, 15) is 8.42 Å². The number of nitrogens with two attached hydrogens (primary N) is 1. The molecule has 1 aromatic carbocycles. The lowest BCUT2D eigenvalue weighted by Gasteiger charge is -2.12. The van der Waals surface area contributed by atoms with Crippen molar-refractivity contribution < 1.29 is 8.42 Å². The molecule has 0 spiro atoms. The van der Waals surface area contributed by atoms with E-state index in [1.807, 2.05) is 18.2 Å². The van der Waals surface area contributed by atoms with Crippen molar-refractivity contribution >= 4 is 43.8 Å². The molecular formula is C11H15IN2O2S. The molecule has 1 heterocycles. The van der Waals surface area contributed by atoms with Crippen molar-refractivity contribution in [1.29, 1.82) is 0 Å². The highest BCUT2D eigenvalue weighted by Gasteiger charge is 2.27. The molecule has 1 saturated heterocycles. The molecule has 1 aliphatic rings. The van der Waals surface area contributed by atoms with Crippen LogP contribution in [-0.2, 0) is 9.84 Å². The Labute approximate surface area is 115 Å². The highest BCUT2D eigenvalue weighted by molar-refractivity contribution is 14.1. The minimum atomic E-state index is -2.79. The first-order chi connectivity index (χ1) is 7.96. The first-order valence-electron chi connectivity index (χ1n) is 5.45. The lowest BCUT2D eigenvalue weighted by atomic mass is 10.1. The smallest absolute Gasteiger partial charge is 0.150 e. The molecule has 0 radical (unpaired) electrons. The Kier molecular flexibility index (Phi) is 3.82. The van der Waals surface area contributed by atoms with Crippen molar-refractivity contribution in [2.45, 2.75) is 6.42 Å². The molecule has 3 N–H and O–H groups in total. The first kappa shape index (κ1) is 12.9. The summed E-state index contributed by atoms with van der Waals surface area (Å²) in [5.41, 5.74) is 7.46. The van der Waals surface area contributed by atoms with Crippen LogP contribution in [0.1, 0.15) is 6.42 Å². The predicted octanol–water partition coefficient (Wildman–Crippen LogP) is 1.72. The number of nitrogen functional groups attached to an aromatic ring is 1. The van der Waals surface area contributed by atoms with Gasteiger partial charge in [-0.2, -0.15) is 0 Å². The highest BCUT2D eigenvalue weighted by Crippen LogP contribution is 2.23. The zero-order valence-corrected chi connectivity index (χ0v) is 12.3. The molecule has 94 valence electrons. The van der Waals surface area contributed by atoms with Gasteiger partial charge >= 0.3 is 0 Å². The molecular weight excluding hydrogens is 351 g/mol. The van der Waals surface area contributed by atoms with Crippen molar-refractivity contribution in [2.75, 3.05) is 29.1 Å². The second-order valence-electron chi connectivity index (χ2n) is 4.38. The van der Waals surface area contributed by atoms with Gasteiger partial charge in [0, 0.05) is 10.1 Å². The molecule has 1 atom stereocenters. The van der Waals surface area contributed by atoms with Crippen LogP contribution in [0.3, 0.4) is 0 Å². The van der Waals surface area contributed by atoms with Crippen molar-refractivity contribution in [3.63, 3.8) is 0 Å². The van der Waals surface area contributed by atoms with Gasteiger partial charge in [0.1, 0.15) is 0 Å². The average Bonchev–Trinajstić information content (AvgIpc) is 2.57. The van der Waals surface area contributed by atoms with E-state index >= 15 is 0 Å². The van der Waals surface area contributed by atoms with Crippen LogP contribution in [0.5, 0.6) is 0 Å². The van der Waals surface area contributed by atoms with Gasteiger partial charge in [-0.25, -0.2) is 8.42 Å². The summed E-state index contributed by atoms with van der Waals surface area (Å²) in [6.45, 7) is 0.671. The van der Waals surface area contributed by atoms with E-state index in [1.54, 1.807) is 0 Å². The molecule has 0 aliphatic carbocycles. The molecule has 0 amide bonds. The summed E-state index contributed by atoms with van der Waals surface area (Å²) >= 11 is 2.21. The summed E-state index contributed by atoms with van der Waals surface area (Å²) in [6.07, 6.45) is 0.750. The largest absolute Gasteiger partial charge is 0.397 e. The second-order valence-corrected chi connectivity index (χ2v) is 7.86. The SMILES string of the molecule is Nc1cc(I)ccc1NCC1CCS(=O)(=O)C1. The van der Waals surface area contributed by atoms with E-state index in [1.165, 1.54) is 0 Å². The van der Waals surface area contributed by atoms with Gasteiger partial charge in [0.2, 0.25) is 0 Å². The first-order valence-corrected chi connectivity index (χ1v) is 8.35. The summed E-state index contributed by atoms with van der Waals surface area (Å²) in [5, 5.41) is 3.23. The minimum absolute atomic E-state index is 0.207. The molecule has 2 rings (SSSR count). The van der Waals surface area contributed by atoms with E-state index in [0.717, 1.165) is 15.7 Å². The maximum atomic E-state index is 11.3. The van der Waals surface area contributed by atoms with E-state index < -0.39 is 9.84 Å². The summed E-state index contributed by atoms with van der Waals surface area (Å²) in [4.78, 5) is 0. The fourth-order valence-electron chi connectivity index (χ4n) is 1.98. The van der Waals surface area contributed by atoms with Crippen LogP contribution in [0.2, 0.25) is 0 Å². The third-order valence-corrected chi connectivity index (χ3v) is 5.43. The van der Waals surface area contributed by atoms with Crippen molar-refractivity contribution in [1.82, 2.24) is 0 Å². The van der Waals surface area contributed by atoms with E-state index in [2.05, 4.69) is 27.9 Å². The standard InChI is InChI=1S/C11H15IN2O2S/c12-9-1-2-11(10(13)5-9)14-6-8-3-4-17(15,16)7-8/h1-2,5,8,14H,3-4,6-7,13H2. The number of halogens is 1. The number of nitrogens with one attached hydrogen (secondary N) is 1. The van der Waals surface area contributed by atoms with Gasteiger partial charge in [-0.05, 0) is 53.1 Å². The molecule has 1 fully saturated rings. The van der Waals surface area contributed by atoms with Crippen molar-refractivity contribution in [3.8, 4) is 0 Å². The second kappa shape index (κ2) is 5.01. The molecule has 1 unspecified atom stereocenters. The number of hydrogen-bond acceptors (Lipinski definition) is 4. The van der Waals surface area contributed by atoms with Gasteiger partial charge in [-0.1, -0.05) is 0 Å². The quantitative estimate of drug-likeness (QED) is 0.631. The predicted molar refractivity (Wildman–Crippen MR) is 78.8 cm³/mol. The molecule has 1 aromatic rings. The Bertz CT molecular complexity index is 516. The van der Waals surface area contributed by atoms with Gasteiger partial charge in [0.05, 0.1) is 22.9 Å². The third kappa shape index (κ3) is 3.48. The normalized spacial score (nSPS) is 22.5. The Morgan fingerprint density at radius 1 is 1.47 bits per heavy atom. The molecule has 1 aliphatic heterocycles. The average molecular weight is 366 g/mol. The van der Waals surface area contributed by atoms with Gasteiger partial charge in [0.15, 0.2) is 9.84 Å². The summed E-state index contributed by atoms with van der Waals surface area (Å²) in [6, 6.07) is 5.81. The van der Waals surface area contributed by atoms with Crippen LogP contribution >= 0.6 is 22.6 Å². The summed E-state index contributed by atoms with van der Waals surface area (Å²) in [5.74, 6) is 0.824. The zero-order chi connectivity index (χ0) is 12.5. The lowest BCUT2D eigenvalue weighted by molar-refractivity contribution is 0.596. The van der Waals surface area contributed by atoms with Gasteiger partial charge < -0.3 is 11.1 Å². The topological polar surface area (TPSA) is 72.2 Å². The molecule has 0 saturated carbocycles. The summed E-state index contributed by atoms with van der Waals surface area (Å²) < 4.78 is 23.7. The van der Waals surface area contributed by atoms with E-state index in [4.69, 9.17) is 5.73 Å². The molecule has 0 aromatic heterocycles. The summed E-state index contributed by atoms with van der Waals surface area (Å²) in [7, 11) is -2.79. The number of rotatable bonds is 3. The van der Waals surface area contributed by atoms with Crippen LogP contribution in [0.4, 0.5) is 11.4 Å².